The van der Waals surface area contributed by atoms with Gasteiger partial charge in [-0.25, -0.2) is 0 Å². The molecule has 0 bridgehead atoms. The maximum Gasteiger partial charge on any atom is 0.223 e. The van der Waals surface area contributed by atoms with Crippen LogP contribution < -0.4 is 10.6 Å². The van der Waals surface area contributed by atoms with Crippen LogP contribution in [0.4, 0.5) is 0 Å². The number of methoxy groups -OCH3 is 1. The minimum absolute atomic E-state index is 0.0368. The van der Waals surface area contributed by atoms with Crippen molar-refractivity contribution in [3.8, 4) is 0 Å². The van der Waals surface area contributed by atoms with Crippen LogP contribution in [-0.2, 0) is 14.3 Å². The van der Waals surface area contributed by atoms with Gasteiger partial charge in [-0.1, -0.05) is 39.5 Å². The Morgan fingerprint density at radius 2 is 1.68 bits per heavy atom. The highest BCUT2D eigenvalue weighted by Crippen LogP contribution is 2.42. The zero-order chi connectivity index (χ0) is 20.1. The summed E-state index contributed by atoms with van der Waals surface area (Å²) in [5, 5.41) is 6.50. The molecule has 3 rings (SSSR count). The number of carbonyl (C=O) groups excluding carboxylic acids is 2. The molecule has 0 spiro atoms. The Kier molecular flexibility index (Phi) is 7.78. The van der Waals surface area contributed by atoms with Gasteiger partial charge in [0, 0.05) is 31.5 Å². The molecule has 2 amide bonds. The first-order chi connectivity index (χ1) is 13.5. The number of ether oxygens (including phenoxy) is 1. The van der Waals surface area contributed by atoms with E-state index in [9.17, 15) is 9.59 Å². The summed E-state index contributed by atoms with van der Waals surface area (Å²) in [6.07, 6.45) is 11.6. The fourth-order valence-electron chi connectivity index (χ4n) is 5.93. The second-order valence-electron chi connectivity index (χ2n) is 9.68. The van der Waals surface area contributed by atoms with Crippen molar-refractivity contribution in [2.24, 2.45) is 29.6 Å². The van der Waals surface area contributed by atoms with Crippen molar-refractivity contribution in [3.63, 3.8) is 0 Å². The number of amides is 2. The van der Waals surface area contributed by atoms with Gasteiger partial charge in [-0.3, -0.25) is 9.59 Å². The third-order valence-electron chi connectivity index (χ3n) is 7.66. The Balaban J connectivity index is 1.49. The highest BCUT2D eigenvalue weighted by molar-refractivity contribution is 5.84. The SMILES string of the molecule is COC1CCCC(CNC(=O)C2CC(C)C(C(=O)NC3CCCCC3)C2C)C1. The molecule has 0 radical (unpaired) electrons. The van der Waals surface area contributed by atoms with Crippen LogP contribution in [0.15, 0.2) is 0 Å². The minimum Gasteiger partial charge on any atom is -0.381 e. The predicted molar refractivity (Wildman–Crippen MR) is 111 cm³/mol. The molecule has 5 heteroatoms. The first kappa shape index (κ1) is 21.6. The normalized spacial score (nSPS) is 36.8. The standard InChI is InChI=1S/C23H40N2O3/c1-15-12-20(22(26)24-14-17-8-7-11-19(13-17)28-3)16(2)21(15)23(27)25-18-9-5-4-6-10-18/h15-21H,4-14H2,1-3H3,(H,24,26)(H,25,27). The van der Waals surface area contributed by atoms with Gasteiger partial charge in [0.15, 0.2) is 0 Å². The summed E-state index contributed by atoms with van der Waals surface area (Å²) in [5.74, 6) is 1.13. The van der Waals surface area contributed by atoms with Crippen molar-refractivity contribution in [2.75, 3.05) is 13.7 Å². The van der Waals surface area contributed by atoms with Gasteiger partial charge in [0.1, 0.15) is 0 Å². The van der Waals surface area contributed by atoms with Crippen LogP contribution in [0.2, 0.25) is 0 Å². The Morgan fingerprint density at radius 3 is 2.39 bits per heavy atom. The second kappa shape index (κ2) is 10.1. The number of rotatable bonds is 6. The summed E-state index contributed by atoms with van der Waals surface area (Å²) in [7, 11) is 1.78. The van der Waals surface area contributed by atoms with E-state index in [-0.39, 0.29) is 35.5 Å². The van der Waals surface area contributed by atoms with Gasteiger partial charge in [0.25, 0.3) is 0 Å². The fraction of sp³-hybridized carbons (Fsp3) is 0.913. The zero-order valence-corrected chi connectivity index (χ0v) is 18.0. The monoisotopic (exact) mass is 392 g/mol. The van der Waals surface area contributed by atoms with Crippen molar-refractivity contribution in [2.45, 2.75) is 90.2 Å². The quantitative estimate of drug-likeness (QED) is 0.725. The molecule has 3 aliphatic rings. The lowest BCUT2D eigenvalue weighted by Gasteiger charge is -2.29. The van der Waals surface area contributed by atoms with E-state index in [0.29, 0.717) is 18.1 Å². The van der Waals surface area contributed by atoms with Crippen LogP contribution in [0.5, 0.6) is 0 Å². The van der Waals surface area contributed by atoms with Gasteiger partial charge in [0.05, 0.1) is 6.10 Å². The van der Waals surface area contributed by atoms with Crippen LogP contribution in [0, 0.1) is 29.6 Å². The van der Waals surface area contributed by atoms with E-state index in [1.807, 2.05) is 0 Å². The predicted octanol–water partition coefficient (Wildman–Crippen LogP) is 3.67. The van der Waals surface area contributed by atoms with E-state index in [1.165, 1.54) is 32.1 Å². The summed E-state index contributed by atoms with van der Waals surface area (Å²) >= 11 is 0. The molecule has 3 fully saturated rings. The molecule has 6 atom stereocenters. The molecule has 0 heterocycles. The van der Waals surface area contributed by atoms with Gasteiger partial charge in [-0.05, 0) is 56.3 Å². The molecular weight excluding hydrogens is 352 g/mol. The van der Waals surface area contributed by atoms with E-state index in [1.54, 1.807) is 7.11 Å². The lowest BCUT2D eigenvalue weighted by atomic mass is 9.86. The van der Waals surface area contributed by atoms with Gasteiger partial charge < -0.3 is 15.4 Å². The summed E-state index contributed by atoms with van der Waals surface area (Å²) in [5.41, 5.74) is 0. The van der Waals surface area contributed by atoms with Gasteiger partial charge in [0.2, 0.25) is 11.8 Å². The van der Waals surface area contributed by atoms with Crippen LogP contribution in [0.1, 0.15) is 78.1 Å². The summed E-state index contributed by atoms with van der Waals surface area (Å²) in [4.78, 5) is 25.8. The fourth-order valence-corrected chi connectivity index (χ4v) is 5.93. The van der Waals surface area contributed by atoms with Gasteiger partial charge >= 0.3 is 0 Å². The first-order valence-corrected chi connectivity index (χ1v) is 11.6. The van der Waals surface area contributed by atoms with Crippen molar-refractivity contribution in [3.05, 3.63) is 0 Å². The Labute approximate surface area is 170 Å². The van der Waals surface area contributed by atoms with Crippen molar-refractivity contribution < 1.29 is 14.3 Å². The molecule has 0 aromatic rings. The van der Waals surface area contributed by atoms with E-state index in [2.05, 4.69) is 24.5 Å². The number of carbonyl (C=O) groups is 2. The molecule has 3 aliphatic carbocycles. The van der Waals surface area contributed by atoms with Gasteiger partial charge in [-0.15, -0.1) is 0 Å². The van der Waals surface area contributed by atoms with Crippen molar-refractivity contribution in [1.82, 2.24) is 10.6 Å². The summed E-state index contributed by atoms with van der Waals surface area (Å²) in [6, 6.07) is 0.341. The second-order valence-corrected chi connectivity index (χ2v) is 9.68. The van der Waals surface area contributed by atoms with E-state index in [0.717, 1.165) is 38.6 Å². The number of hydrogen-bond donors (Lipinski definition) is 2. The van der Waals surface area contributed by atoms with E-state index in [4.69, 9.17) is 4.74 Å². The number of nitrogens with one attached hydrogen (secondary N) is 2. The molecule has 6 unspecified atom stereocenters. The third-order valence-corrected chi connectivity index (χ3v) is 7.66. The molecule has 160 valence electrons. The zero-order valence-electron chi connectivity index (χ0n) is 18.0. The molecular formula is C23H40N2O3. The highest BCUT2D eigenvalue weighted by atomic mass is 16.5. The maximum absolute atomic E-state index is 12.9. The maximum atomic E-state index is 12.9. The third kappa shape index (κ3) is 5.28. The molecule has 0 aliphatic heterocycles. The average Bonchev–Trinajstić information content (AvgIpc) is 3.01. The molecule has 5 nitrogen and oxygen atoms in total. The summed E-state index contributed by atoms with van der Waals surface area (Å²) < 4.78 is 5.50. The molecule has 28 heavy (non-hydrogen) atoms. The molecule has 0 saturated heterocycles. The largest absolute Gasteiger partial charge is 0.381 e. The topological polar surface area (TPSA) is 67.4 Å². The Morgan fingerprint density at radius 1 is 0.929 bits per heavy atom. The van der Waals surface area contributed by atoms with E-state index < -0.39 is 0 Å². The lowest BCUT2D eigenvalue weighted by Crippen LogP contribution is -2.43. The van der Waals surface area contributed by atoms with Crippen LogP contribution in [0.25, 0.3) is 0 Å². The Hall–Kier alpha value is -1.10. The molecule has 3 saturated carbocycles. The minimum atomic E-state index is -0.0427. The van der Waals surface area contributed by atoms with Crippen molar-refractivity contribution >= 4 is 11.8 Å². The molecule has 0 aromatic heterocycles. The lowest BCUT2D eigenvalue weighted by molar-refractivity contribution is -0.129. The highest BCUT2D eigenvalue weighted by Gasteiger charge is 2.45. The molecule has 2 N–H and O–H groups in total. The van der Waals surface area contributed by atoms with E-state index >= 15 is 0 Å². The van der Waals surface area contributed by atoms with Crippen molar-refractivity contribution in [1.29, 1.82) is 0 Å². The number of hydrogen-bond acceptors (Lipinski definition) is 3. The Bertz CT molecular complexity index is 532. The van der Waals surface area contributed by atoms with Crippen LogP contribution in [-0.4, -0.2) is 37.6 Å². The summed E-state index contributed by atoms with van der Waals surface area (Å²) in [6.45, 7) is 4.98. The average molecular weight is 393 g/mol. The van der Waals surface area contributed by atoms with Gasteiger partial charge in [-0.2, -0.15) is 0 Å². The van der Waals surface area contributed by atoms with Crippen LogP contribution in [0.3, 0.4) is 0 Å². The van der Waals surface area contributed by atoms with Crippen LogP contribution >= 0.6 is 0 Å². The first-order valence-electron chi connectivity index (χ1n) is 11.6. The smallest absolute Gasteiger partial charge is 0.223 e. The molecule has 0 aromatic carbocycles.